The van der Waals surface area contributed by atoms with Crippen molar-refractivity contribution in [1.82, 2.24) is 0 Å². The third-order valence-electron chi connectivity index (χ3n) is 2.60. The van der Waals surface area contributed by atoms with Crippen molar-refractivity contribution in [1.29, 1.82) is 0 Å². The second-order valence-corrected chi connectivity index (χ2v) is 4.07. The van der Waals surface area contributed by atoms with E-state index >= 15 is 0 Å². The van der Waals surface area contributed by atoms with Crippen molar-refractivity contribution in [2.24, 2.45) is 0 Å². The van der Waals surface area contributed by atoms with Crippen LogP contribution in [0.5, 0.6) is 0 Å². The fraction of sp³-hybridized carbons (Fsp3) is 0.133. The summed E-state index contributed by atoms with van der Waals surface area (Å²) >= 11 is 0. The second-order valence-electron chi connectivity index (χ2n) is 4.07. The van der Waals surface area contributed by atoms with E-state index in [0.717, 1.165) is 5.69 Å². The van der Waals surface area contributed by atoms with Gasteiger partial charge in [-0.1, -0.05) is 30.3 Å². The summed E-state index contributed by atoms with van der Waals surface area (Å²) in [5, 5.41) is 5.66. The van der Waals surface area contributed by atoms with E-state index in [0.29, 0.717) is 12.2 Å². The summed E-state index contributed by atoms with van der Waals surface area (Å²) in [5.41, 5.74) is 1.17. The third kappa shape index (κ3) is 4.10. The Labute approximate surface area is 111 Å². The Bertz CT molecular complexity index is 543. The Balaban J connectivity index is 1.77. The number of carbonyl (C=O) groups is 1. The third-order valence-corrected chi connectivity index (χ3v) is 2.60. The number of anilines is 2. The molecular formula is C15H15FN2O. The number of rotatable bonds is 5. The highest BCUT2D eigenvalue weighted by atomic mass is 19.1. The molecule has 0 spiro atoms. The molecule has 98 valence electrons. The summed E-state index contributed by atoms with van der Waals surface area (Å²) in [6, 6.07) is 15.6. The molecule has 0 aliphatic carbocycles. The van der Waals surface area contributed by atoms with Crippen molar-refractivity contribution in [3.63, 3.8) is 0 Å². The first-order chi connectivity index (χ1) is 9.25. The summed E-state index contributed by atoms with van der Waals surface area (Å²) < 4.78 is 13.3. The first-order valence-corrected chi connectivity index (χ1v) is 6.09. The van der Waals surface area contributed by atoms with Gasteiger partial charge in [-0.3, -0.25) is 4.79 Å². The average Bonchev–Trinajstić information content (AvgIpc) is 2.42. The van der Waals surface area contributed by atoms with E-state index in [4.69, 9.17) is 0 Å². The summed E-state index contributed by atoms with van der Waals surface area (Å²) in [4.78, 5) is 11.6. The van der Waals surface area contributed by atoms with Gasteiger partial charge in [0.05, 0.1) is 5.69 Å². The van der Waals surface area contributed by atoms with Crippen LogP contribution in [0.2, 0.25) is 0 Å². The van der Waals surface area contributed by atoms with E-state index in [2.05, 4.69) is 10.6 Å². The highest BCUT2D eigenvalue weighted by Gasteiger charge is 2.03. The highest BCUT2D eigenvalue weighted by molar-refractivity contribution is 5.90. The Kier molecular flexibility index (Phi) is 4.50. The Morgan fingerprint density at radius 2 is 1.68 bits per heavy atom. The molecule has 0 bridgehead atoms. The summed E-state index contributed by atoms with van der Waals surface area (Å²) in [6.07, 6.45) is 0.281. The molecule has 0 fully saturated rings. The molecule has 4 heteroatoms. The van der Waals surface area contributed by atoms with Gasteiger partial charge in [0, 0.05) is 18.7 Å². The maximum absolute atomic E-state index is 13.3. The number of para-hydroxylation sites is 2. The second kappa shape index (κ2) is 6.54. The lowest BCUT2D eigenvalue weighted by Crippen LogP contribution is -2.16. The van der Waals surface area contributed by atoms with Gasteiger partial charge in [-0.25, -0.2) is 4.39 Å². The van der Waals surface area contributed by atoms with Gasteiger partial charge in [0.25, 0.3) is 0 Å². The van der Waals surface area contributed by atoms with Crippen LogP contribution in [0.15, 0.2) is 54.6 Å². The maximum Gasteiger partial charge on any atom is 0.226 e. The van der Waals surface area contributed by atoms with Crippen LogP contribution in [0.3, 0.4) is 0 Å². The minimum absolute atomic E-state index is 0.102. The molecule has 3 nitrogen and oxygen atoms in total. The molecular weight excluding hydrogens is 243 g/mol. The number of benzene rings is 2. The number of amides is 1. The molecule has 2 rings (SSSR count). The average molecular weight is 258 g/mol. The number of hydrogen-bond donors (Lipinski definition) is 2. The van der Waals surface area contributed by atoms with Crippen LogP contribution in [0, 0.1) is 5.82 Å². The van der Waals surface area contributed by atoms with E-state index in [1.165, 1.54) is 6.07 Å². The van der Waals surface area contributed by atoms with Crippen LogP contribution in [0.4, 0.5) is 15.8 Å². The van der Waals surface area contributed by atoms with Crippen molar-refractivity contribution in [3.05, 3.63) is 60.4 Å². The van der Waals surface area contributed by atoms with Gasteiger partial charge in [-0.05, 0) is 24.3 Å². The van der Waals surface area contributed by atoms with Crippen molar-refractivity contribution in [2.45, 2.75) is 6.42 Å². The Morgan fingerprint density at radius 1 is 1.00 bits per heavy atom. The molecule has 0 saturated carbocycles. The largest absolute Gasteiger partial charge is 0.382 e. The normalized spacial score (nSPS) is 9.95. The van der Waals surface area contributed by atoms with Gasteiger partial charge in [0.1, 0.15) is 5.82 Å². The van der Waals surface area contributed by atoms with Crippen molar-refractivity contribution in [2.75, 3.05) is 17.2 Å². The molecule has 0 unspecified atom stereocenters. The fourth-order valence-electron chi connectivity index (χ4n) is 1.66. The first kappa shape index (κ1) is 13.1. The van der Waals surface area contributed by atoms with Crippen molar-refractivity contribution >= 4 is 17.3 Å². The van der Waals surface area contributed by atoms with Gasteiger partial charge in [-0.15, -0.1) is 0 Å². The van der Waals surface area contributed by atoms with Crippen LogP contribution in [0.25, 0.3) is 0 Å². The zero-order valence-corrected chi connectivity index (χ0v) is 10.4. The predicted octanol–water partition coefficient (Wildman–Crippen LogP) is 3.27. The molecule has 0 radical (unpaired) electrons. The Hall–Kier alpha value is -2.36. The monoisotopic (exact) mass is 258 g/mol. The van der Waals surface area contributed by atoms with Crippen molar-refractivity contribution in [3.8, 4) is 0 Å². The predicted molar refractivity (Wildman–Crippen MR) is 74.6 cm³/mol. The fourth-order valence-corrected chi connectivity index (χ4v) is 1.66. The van der Waals surface area contributed by atoms with Crippen LogP contribution in [-0.2, 0) is 4.79 Å². The molecule has 2 N–H and O–H groups in total. The van der Waals surface area contributed by atoms with Gasteiger partial charge >= 0.3 is 0 Å². The van der Waals surface area contributed by atoms with Crippen LogP contribution < -0.4 is 10.6 Å². The lowest BCUT2D eigenvalue weighted by atomic mass is 10.3. The topological polar surface area (TPSA) is 41.1 Å². The molecule has 2 aromatic carbocycles. The summed E-state index contributed by atoms with van der Waals surface area (Å²) in [7, 11) is 0. The SMILES string of the molecule is O=C(CCNc1ccccc1F)Nc1ccccc1. The molecule has 0 aromatic heterocycles. The van der Waals surface area contributed by atoms with Crippen LogP contribution >= 0.6 is 0 Å². The first-order valence-electron chi connectivity index (χ1n) is 6.09. The van der Waals surface area contributed by atoms with Gasteiger partial charge in [0.15, 0.2) is 0 Å². The van der Waals surface area contributed by atoms with Gasteiger partial charge < -0.3 is 10.6 Å². The molecule has 0 aliphatic rings. The Morgan fingerprint density at radius 3 is 2.42 bits per heavy atom. The molecule has 0 aliphatic heterocycles. The minimum Gasteiger partial charge on any atom is -0.382 e. The lowest BCUT2D eigenvalue weighted by Gasteiger charge is -2.08. The summed E-state index contributed by atoms with van der Waals surface area (Å²) in [5.74, 6) is -0.416. The lowest BCUT2D eigenvalue weighted by molar-refractivity contribution is -0.115. The highest BCUT2D eigenvalue weighted by Crippen LogP contribution is 2.12. The molecule has 2 aromatic rings. The number of hydrogen-bond acceptors (Lipinski definition) is 2. The summed E-state index contributed by atoms with van der Waals surface area (Å²) in [6.45, 7) is 0.388. The minimum atomic E-state index is -0.314. The number of carbonyl (C=O) groups excluding carboxylic acids is 1. The van der Waals surface area contributed by atoms with Crippen LogP contribution in [-0.4, -0.2) is 12.5 Å². The molecule has 19 heavy (non-hydrogen) atoms. The van der Waals surface area contributed by atoms with E-state index in [-0.39, 0.29) is 18.1 Å². The van der Waals surface area contributed by atoms with E-state index in [1.54, 1.807) is 18.2 Å². The van der Waals surface area contributed by atoms with E-state index in [1.807, 2.05) is 30.3 Å². The van der Waals surface area contributed by atoms with E-state index < -0.39 is 0 Å². The van der Waals surface area contributed by atoms with Crippen LogP contribution in [0.1, 0.15) is 6.42 Å². The standard InChI is InChI=1S/C15H15FN2O/c16-13-8-4-5-9-14(13)17-11-10-15(19)18-12-6-2-1-3-7-12/h1-9,17H,10-11H2,(H,18,19). The number of halogens is 1. The molecule has 0 atom stereocenters. The maximum atomic E-state index is 13.3. The zero-order valence-electron chi connectivity index (χ0n) is 10.4. The quantitative estimate of drug-likeness (QED) is 0.864. The van der Waals surface area contributed by atoms with Gasteiger partial charge in [-0.2, -0.15) is 0 Å². The smallest absolute Gasteiger partial charge is 0.226 e. The molecule has 0 saturated heterocycles. The molecule has 0 heterocycles. The van der Waals surface area contributed by atoms with Gasteiger partial charge in [0.2, 0.25) is 5.91 Å². The molecule has 1 amide bonds. The zero-order chi connectivity index (χ0) is 13.5. The van der Waals surface area contributed by atoms with Crippen molar-refractivity contribution < 1.29 is 9.18 Å². The number of nitrogens with one attached hydrogen (secondary N) is 2. The van der Waals surface area contributed by atoms with E-state index in [9.17, 15) is 9.18 Å².